The van der Waals surface area contributed by atoms with Gasteiger partial charge in [-0.3, -0.25) is 19.3 Å². The topological polar surface area (TPSA) is 106 Å². The Morgan fingerprint density at radius 2 is 2.21 bits per heavy atom. The summed E-state index contributed by atoms with van der Waals surface area (Å²) in [6.07, 6.45) is 5.48. The number of nitrogens with zero attached hydrogens (tertiary/aromatic N) is 3. The number of carbonyl (C=O) groups is 3. The number of hydrogen-bond acceptors (Lipinski definition) is 6. The molecule has 0 aromatic carbocycles. The van der Waals surface area contributed by atoms with Gasteiger partial charge in [-0.15, -0.1) is 0 Å². The number of amides is 3. The summed E-state index contributed by atoms with van der Waals surface area (Å²) in [5.41, 5.74) is 1.69. The van der Waals surface area contributed by atoms with Crippen molar-refractivity contribution >= 4 is 23.8 Å². The number of imide groups is 1. The maximum atomic E-state index is 12.5. The van der Waals surface area contributed by atoms with Gasteiger partial charge in [-0.2, -0.15) is 0 Å². The lowest BCUT2D eigenvalue weighted by molar-refractivity contribution is -0.147. The minimum Gasteiger partial charge on any atom is -0.376 e. The van der Waals surface area contributed by atoms with Gasteiger partial charge in [0.15, 0.2) is 0 Å². The van der Waals surface area contributed by atoms with Gasteiger partial charge in [0.05, 0.1) is 24.7 Å². The Balaban J connectivity index is 1.75. The summed E-state index contributed by atoms with van der Waals surface area (Å²) in [5.74, 6) is -1.18. The summed E-state index contributed by atoms with van der Waals surface area (Å²) in [7, 11) is 0. The van der Waals surface area contributed by atoms with E-state index in [0.29, 0.717) is 5.69 Å². The Bertz CT molecular complexity index is 808. The minimum absolute atomic E-state index is 0.0743. The van der Waals surface area contributed by atoms with Gasteiger partial charge in [-0.25, -0.2) is 4.98 Å². The van der Waals surface area contributed by atoms with E-state index in [1.165, 1.54) is 6.92 Å². The molecule has 0 saturated carbocycles. The molecule has 2 aliphatic heterocycles. The third-order valence-electron chi connectivity index (χ3n) is 5.10. The van der Waals surface area contributed by atoms with Crippen LogP contribution in [-0.2, 0) is 25.7 Å². The van der Waals surface area contributed by atoms with Crippen molar-refractivity contribution in [2.24, 2.45) is 0 Å². The Kier molecular flexibility index (Phi) is 6.81. The van der Waals surface area contributed by atoms with Crippen LogP contribution in [0.1, 0.15) is 50.9 Å². The largest absolute Gasteiger partial charge is 0.376 e. The van der Waals surface area contributed by atoms with Crippen LogP contribution in [0.25, 0.3) is 6.08 Å². The van der Waals surface area contributed by atoms with E-state index in [1.54, 1.807) is 12.4 Å². The molecule has 2 saturated heterocycles. The Hall–Kier alpha value is -2.52. The molecular weight excluding hydrogens is 374 g/mol. The van der Waals surface area contributed by atoms with E-state index < -0.39 is 17.7 Å². The Morgan fingerprint density at radius 1 is 1.41 bits per heavy atom. The van der Waals surface area contributed by atoms with E-state index in [1.807, 2.05) is 0 Å². The van der Waals surface area contributed by atoms with E-state index in [2.05, 4.69) is 34.0 Å². The third kappa shape index (κ3) is 5.10. The fourth-order valence-electron chi connectivity index (χ4n) is 3.71. The predicted molar refractivity (Wildman–Crippen MR) is 107 cm³/mol. The SMILES string of the molecule is CC(=O)N1CC(=O)N/C(=C\c2ncn(CCCC3CNCCO3)c2C(C)C)C1=O. The highest BCUT2D eigenvalue weighted by Gasteiger charge is 2.31. The highest BCUT2D eigenvalue weighted by molar-refractivity contribution is 6.12. The zero-order valence-electron chi connectivity index (χ0n) is 17.2. The maximum Gasteiger partial charge on any atom is 0.277 e. The smallest absolute Gasteiger partial charge is 0.277 e. The Morgan fingerprint density at radius 3 is 2.86 bits per heavy atom. The number of imidazole rings is 1. The van der Waals surface area contributed by atoms with Gasteiger partial charge in [0, 0.05) is 32.3 Å². The molecule has 9 nitrogen and oxygen atoms in total. The second kappa shape index (κ2) is 9.32. The van der Waals surface area contributed by atoms with Crippen molar-refractivity contribution in [1.82, 2.24) is 25.1 Å². The molecular formula is C20H29N5O4. The van der Waals surface area contributed by atoms with E-state index in [0.717, 1.165) is 49.7 Å². The molecule has 29 heavy (non-hydrogen) atoms. The van der Waals surface area contributed by atoms with Crippen LogP contribution in [0.5, 0.6) is 0 Å². The summed E-state index contributed by atoms with van der Waals surface area (Å²) < 4.78 is 7.83. The van der Waals surface area contributed by atoms with E-state index in [-0.39, 0.29) is 24.3 Å². The number of aryl methyl sites for hydroxylation is 1. The van der Waals surface area contributed by atoms with Crippen LogP contribution in [-0.4, -0.2) is 64.5 Å². The number of nitrogens with one attached hydrogen (secondary N) is 2. The maximum absolute atomic E-state index is 12.5. The number of ether oxygens (including phenoxy) is 1. The second-order valence-corrected chi connectivity index (χ2v) is 7.72. The van der Waals surface area contributed by atoms with Crippen molar-refractivity contribution in [3.05, 3.63) is 23.4 Å². The molecule has 1 aromatic heterocycles. The summed E-state index contributed by atoms with van der Waals surface area (Å²) in [6, 6.07) is 0. The lowest BCUT2D eigenvalue weighted by Crippen LogP contribution is -2.51. The first kappa shape index (κ1) is 21.2. The van der Waals surface area contributed by atoms with E-state index in [4.69, 9.17) is 4.74 Å². The van der Waals surface area contributed by atoms with Crippen molar-refractivity contribution in [3.63, 3.8) is 0 Å². The first-order valence-electron chi connectivity index (χ1n) is 10.1. The molecule has 0 radical (unpaired) electrons. The minimum atomic E-state index is -0.511. The molecule has 3 rings (SSSR count). The lowest BCUT2D eigenvalue weighted by Gasteiger charge is -2.25. The first-order valence-corrected chi connectivity index (χ1v) is 10.1. The van der Waals surface area contributed by atoms with Crippen LogP contribution in [0.4, 0.5) is 0 Å². The molecule has 158 valence electrons. The molecule has 1 unspecified atom stereocenters. The molecule has 0 spiro atoms. The molecule has 2 aliphatic rings. The number of piperazine rings is 1. The zero-order chi connectivity index (χ0) is 21.0. The molecule has 1 aromatic rings. The van der Waals surface area contributed by atoms with Gasteiger partial charge in [0.1, 0.15) is 12.2 Å². The molecule has 1 atom stereocenters. The van der Waals surface area contributed by atoms with Crippen LogP contribution in [0, 0.1) is 0 Å². The van der Waals surface area contributed by atoms with Gasteiger partial charge < -0.3 is 19.9 Å². The molecule has 3 heterocycles. The number of carbonyl (C=O) groups excluding carboxylic acids is 3. The summed E-state index contributed by atoms with van der Waals surface area (Å²) >= 11 is 0. The summed E-state index contributed by atoms with van der Waals surface area (Å²) in [4.78, 5) is 41.5. The van der Waals surface area contributed by atoms with Crippen LogP contribution < -0.4 is 10.6 Å². The highest BCUT2D eigenvalue weighted by atomic mass is 16.5. The predicted octanol–water partition coefficient (Wildman–Crippen LogP) is 0.621. The fraction of sp³-hybridized carbons (Fsp3) is 0.600. The van der Waals surface area contributed by atoms with Crippen molar-refractivity contribution in [2.75, 3.05) is 26.2 Å². The number of aromatic nitrogens is 2. The molecule has 9 heteroatoms. The van der Waals surface area contributed by atoms with Crippen LogP contribution >= 0.6 is 0 Å². The van der Waals surface area contributed by atoms with Crippen LogP contribution in [0.3, 0.4) is 0 Å². The summed E-state index contributed by atoms with van der Waals surface area (Å²) in [5, 5.41) is 5.90. The fourth-order valence-corrected chi connectivity index (χ4v) is 3.71. The monoisotopic (exact) mass is 403 g/mol. The van der Waals surface area contributed by atoms with Gasteiger partial charge in [-0.05, 0) is 24.8 Å². The highest BCUT2D eigenvalue weighted by Crippen LogP contribution is 2.23. The van der Waals surface area contributed by atoms with Crippen LogP contribution in [0.2, 0.25) is 0 Å². The zero-order valence-corrected chi connectivity index (χ0v) is 17.2. The average molecular weight is 403 g/mol. The molecule has 3 amide bonds. The Labute approximate surface area is 170 Å². The number of hydrogen-bond donors (Lipinski definition) is 2. The molecule has 2 fully saturated rings. The number of rotatable bonds is 6. The summed E-state index contributed by atoms with van der Waals surface area (Å²) in [6.45, 7) is 8.48. The van der Waals surface area contributed by atoms with Gasteiger partial charge in [0.2, 0.25) is 11.8 Å². The second-order valence-electron chi connectivity index (χ2n) is 7.72. The lowest BCUT2D eigenvalue weighted by atomic mass is 10.1. The van der Waals surface area contributed by atoms with Gasteiger partial charge in [-0.1, -0.05) is 13.8 Å². The average Bonchev–Trinajstić information content (AvgIpc) is 3.07. The van der Waals surface area contributed by atoms with Crippen LogP contribution in [0.15, 0.2) is 12.0 Å². The van der Waals surface area contributed by atoms with Gasteiger partial charge >= 0.3 is 0 Å². The van der Waals surface area contributed by atoms with Crippen molar-refractivity contribution in [1.29, 1.82) is 0 Å². The normalized spacial score (nSPS) is 21.7. The standard InChI is InChI=1S/C20H29N5O4/c1-13(2)19-16(9-17-20(28)25(14(3)26)11-18(27)23-17)22-12-24(19)7-4-5-15-10-21-6-8-29-15/h9,12-13,15,21H,4-8,10-11H2,1-3H3,(H,23,27)/b17-9-. The van der Waals surface area contributed by atoms with Crippen molar-refractivity contribution in [2.45, 2.75) is 52.2 Å². The van der Waals surface area contributed by atoms with E-state index >= 15 is 0 Å². The van der Waals surface area contributed by atoms with Crippen molar-refractivity contribution in [3.8, 4) is 0 Å². The number of morpholine rings is 1. The van der Waals surface area contributed by atoms with Gasteiger partial charge in [0.25, 0.3) is 5.91 Å². The van der Waals surface area contributed by atoms with E-state index in [9.17, 15) is 14.4 Å². The first-order chi connectivity index (χ1) is 13.9. The molecule has 0 aliphatic carbocycles. The van der Waals surface area contributed by atoms with Crippen molar-refractivity contribution < 1.29 is 19.1 Å². The quantitative estimate of drug-likeness (QED) is 0.675. The molecule has 2 N–H and O–H groups in total. The molecule has 0 bridgehead atoms. The third-order valence-corrected chi connectivity index (χ3v) is 5.10.